The molecular weight excluding hydrogens is 484 g/mol. The number of benzene rings is 2. The van der Waals surface area contributed by atoms with Gasteiger partial charge in [0.05, 0.1) is 27.1 Å². The molecule has 1 heterocycles. The number of methoxy groups -OCH3 is 2. The van der Waals surface area contributed by atoms with E-state index in [1.165, 1.54) is 16.0 Å². The minimum absolute atomic E-state index is 0.00184. The fraction of sp³-hybridized carbons (Fsp3) is 0.556. The van der Waals surface area contributed by atoms with E-state index in [-0.39, 0.29) is 12.0 Å². The minimum atomic E-state index is -3.34. The van der Waals surface area contributed by atoms with E-state index in [4.69, 9.17) is 18.4 Å². The van der Waals surface area contributed by atoms with Gasteiger partial charge in [-0.15, -0.1) is 11.8 Å². The fourth-order valence-corrected chi connectivity index (χ4v) is 6.46. The van der Waals surface area contributed by atoms with Crippen molar-refractivity contribution in [3.8, 4) is 11.5 Å². The lowest BCUT2D eigenvalue weighted by atomic mass is 9.68. The molecule has 1 aliphatic rings. The number of thioether (sulfide) groups is 1. The Labute approximate surface area is 214 Å². The Kier molecular flexibility index (Phi) is 10.3. The van der Waals surface area contributed by atoms with Gasteiger partial charge in [-0.2, -0.15) is 8.42 Å². The maximum atomic E-state index is 11.0. The summed E-state index contributed by atoms with van der Waals surface area (Å²) in [5.41, 5.74) is 2.71. The van der Waals surface area contributed by atoms with Gasteiger partial charge in [0.1, 0.15) is 11.5 Å². The van der Waals surface area contributed by atoms with Crippen molar-refractivity contribution in [1.82, 2.24) is 0 Å². The van der Waals surface area contributed by atoms with Gasteiger partial charge in [0, 0.05) is 29.3 Å². The van der Waals surface area contributed by atoms with Crippen LogP contribution in [0.25, 0.3) is 0 Å². The Morgan fingerprint density at radius 2 is 1.57 bits per heavy atom. The summed E-state index contributed by atoms with van der Waals surface area (Å²) >= 11 is 1.90. The van der Waals surface area contributed by atoms with Crippen LogP contribution in [-0.4, -0.2) is 54.5 Å². The molecule has 0 fully saturated rings. The highest BCUT2D eigenvalue weighted by Crippen LogP contribution is 2.52. The summed E-state index contributed by atoms with van der Waals surface area (Å²) in [6.45, 7) is 4.02. The molecule has 8 heteroatoms. The van der Waals surface area contributed by atoms with Crippen molar-refractivity contribution in [2.45, 2.75) is 55.3 Å². The smallest absolute Gasteiger partial charge is 0.264 e. The molecule has 0 aliphatic carbocycles. The number of ether oxygens (including phenoxy) is 3. The lowest BCUT2D eigenvalue weighted by Gasteiger charge is -2.43. The van der Waals surface area contributed by atoms with Crippen molar-refractivity contribution >= 4 is 21.9 Å². The van der Waals surface area contributed by atoms with Crippen LogP contribution in [0.2, 0.25) is 0 Å². The van der Waals surface area contributed by atoms with Crippen LogP contribution in [0.5, 0.6) is 11.5 Å². The standard InChI is InChI=1S/C27H38O6S2/c1-27(21-10-12-22(30-2)13-11-21)20-34-26-19-23(31-3)14-15-24(26)25(27)9-8-17-32-16-6-5-7-18-33-35(4,28)29/h10-15,19,25H,5-9,16-18,20H2,1-4H3. The summed E-state index contributed by atoms with van der Waals surface area (Å²) in [7, 11) is 0.0658. The number of rotatable bonds is 14. The second kappa shape index (κ2) is 13.0. The molecular formula is C27H38O6S2. The Balaban J connectivity index is 1.58. The Bertz CT molecular complexity index is 1040. The molecule has 0 bridgehead atoms. The third-order valence-corrected chi connectivity index (χ3v) is 8.66. The Morgan fingerprint density at radius 3 is 2.26 bits per heavy atom. The number of fused-ring (bicyclic) bond motifs is 1. The van der Waals surface area contributed by atoms with Crippen LogP contribution >= 0.6 is 11.8 Å². The van der Waals surface area contributed by atoms with Crippen molar-refractivity contribution in [2.24, 2.45) is 0 Å². The fourth-order valence-electron chi connectivity index (χ4n) is 4.64. The van der Waals surface area contributed by atoms with E-state index < -0.39 is 10.1 Å². The van der Waals surface area contributed by atoms with Crippen LogP contribution in [0.3, 0.4) is 0 Å². The maximum Gasteiger partial charge on any atom is 0.264 e. The SMILES string of the molecule is COc1ccc(C2(C)CSc3cc(OC)ccc3C2CCCOCCCCCOS(C)(=O)=O)cc1. The lowest BCUT2D eigenvalue weighted by Crippen LogP contribution is -2.36. The second-order valence-corrected chi connectivity index (χ2v) is 11.9. The molecule has 2 unspecified atom stereocenters. The molecule has 0 saturated heterocycles. The van der Waals surface area contributed by atoms with E-state index in [9.17, 15) is 8.42 Å². The molecule has 1 aliphatic heterocycles. The van der Waals surface area contributed by atoms with Gasteiger partial charge >= 0.3 is 0 Å². The lowest BCUT2D eigenvalue weighted by molar-refractivity contribution is 0.122. The van der Waals surface area contributed by atoms with Crippen molar-refractivity contribution in [3.63, 3.8) is 0 Å². The molecule has 6 nitrogen and oxygen atoms in total. The molecule has 2 aromatic carbocycles. The van der Waals surface area contributed by atoms with E-state index in [0.29, 0.717) is 19.1 Å². The van der Waals surface area contributed by atoms with E-state index in [1.54, 1.807) is 14.2 Å². The summed E-state index contributed by atoms with van der Waals surface area (Å²) < 4.78 is 43.5. The molecule has 3 rings (SSSR count). The number of hydrogen-bond donors (Lipinski definition) is 0. The highest BCUT2D eigenvalue weighted by molar-refractivity contribution is 7.99. The Morgan fingerprint density at radius 1 is 0.914 bits per heavy atom. The molecule has 2 aromatic rings. The van der Waals surface area contributed by atoms with E-state index in [2.05, 4.69) is 49.4 Å². The minimum Gasteiger partial charge on any atom is -0.497 e. The van der Waals surface area contributed by atoms with E-state index >= 15 is 0 Å². The zero-order valence-corrected chi connectivity index (χ0v) is 22.9. The molecule has 194 valence electrons. The van der Waals surface area contributed by atoms with Crippen molar-refractivity contribution in [1.29, 1.82) is 0 Å². The van der Waals surface area contributed by atoms with Gasteiger partial charge in [-0.25, -0.2) is 0 Å². The molecule has 0 spiro atoms. The third-order valence-electron chi connectivity index (χ3n) is 6.65. The monoisotopic (exact) mass is 522 g/mol. The molecule has 0 saturated carbocycles. The van der Waals surface area contributed by atoms with Gasteiger partial charge in [-0.05, 0) is 73.4 Å². The molecule has 35 heavy (non-hydrogen) atoms. The molecule has 0 radical (unpaired) electrons. The molecule has 0 aromatic heterocycles. The topological polar surface area (TPSA) is 71.1 Å². The summed E-state index contributed by atoms with van der Waals surface area (Å²) in [6, 6.07) is 15.0. The normalized spacial score (nSPS) is 19.8. The predicted molar refractivity (Wildman–Crippen MR) is 142 cm³/mol. The molecule has 2 atom stereocenters. The summed E-state index contributed by atoms with van der Waals surface area (Å²) in [5.74, 6) is 3.14. The summed E-state index contributed by atoms with van der Waals surface area (Å²) in [6.07, 6.45) is 5.60. The second-order valence-electron chi connectivity index (χ2n) is 9.23. The average Bonchev–Trinajstić information content (AvgIpc) is 2.85. The van der Waals surface area contributed by atoms with Crippen molar-refractivity contribution in [2.75, 3.05) is 46.0 Å². The average molecular weight is 523 g/mol. The van der Waals surface area contributed by atoms with Gasteiger partial charge in [0.25, 0.3) is 10.1 Å². The van der Waals surface area contributed by atoms with Crippen LogP contribution in [0.15, 0.2) is 47.4 Å². The predicted octanol–water partition coefficient (Wildman–Crippen LogP) is 5.79. The highest BCUT2D eigenvalue weighted by Gasteiger charge is 2.41. The van der Waals surface area contributed by atoms with Crippen molar-refractivity contribution in [3.05, 3.63) is 53.6 Å². The van der Waals surface area contributed by atoms with E-state index in [1.807, 2.05) is 11.8 Å². The van der Waals surface area contributed by atoms with Crippen molar-refractivity contribution < 1.29 is 26.8 Å². The third kappa shape index (κ3) is 7.87. The van der Waals surface area contributed by atoms with Gasteiger partial charge in [-0.1, -0.05) is 25.1 Å². The first kappa shape index (κ1) is 27.8. The zero-order valence-electron chi connectivity index (χ0n) is 21.2. The Hall–Kier alpha value is -1.74. The van der Waals surface area contributed by atoms with E-state index in [0.717, 1.165) is 55.6 Å². The largest absolute Gasteiger partial charge is 0.497 e. The first-order valence-corrected chi connectivity index (χ1v) is 14.9. The molecule has 0 N–H and O–H groups in total. The number of hydrogen-bond acceptors (Lipinski definition) is 7. The number of unbranched alkanes of at least 4 members (excludes halogenated alkanes) is 2. The summed E-state index contributed by atoms with van der Waals surface area (Å²) in [5, 5.41) is 0. The maximum absolute atomic E-state index is 11.0. The van der Waals surface area contributed by atoms with Crippen LogP contribution in [-0.2, 0) is 24.5 Å². The van der Waals surface area contributed by atoms with Gasteiger partial charge in [-0.3, -0.25) is 4.18 Å². The molecule has 0 amide bonds. The first-order valence-electron chi connectivity index (χ1n) is 12.1. The van der Waals surface area contributed by atoms with Gasteiger partial charge in [0.15, 0.2) is 0 Å². The first-order chi connectivity index (χ1) is 16.8. The highest BCUT2D eigenvalue weighted by atomic mass is 32.2. The van der Waals surface area contributed by atoms with Gasteiger partial charge < -0.3 is 14.2 Å². The van der Waals surface area contributed by atoms with Crippen LogP contribution in [0.1, 0.15) is 56.1 Å². The van der Waals surface area contributed by atoms with Crippen LogP contribution in [0.4, 0.5) is 0 Å². The quantitative estimate of drug-likeness (QED) is 0.230. The summed E-state index contributed by atoms with van der Waals surface area (Å²) in [4.78, 5) is 1.30. The zero-order chi connectivity index (χ0) is 25.3. The van der Waals surface area contributed by atoms with Crippen LogP contribution < -0.4 is 9.47 Å². The van der Waals surface area contributed by atoms with Crippen LogP contribution in [0, 0.1) is 0 Å². The van der Waals surface area contributed by atoms with Gasteiger partial charge in [0.2, 0.25) is 0 Å².